The highest BCUT2D eigenvalue weighted by Crippen LogP contribution is 2.43. The molecule has 0 bridgehead atoms. The largest absolute Gasteiger partial charge is 0.607 e. The number of rotatable bonds is 5. The molecule has 0 spiro atoms. The first-order valence-corrected chi connectivity index (χ1v) is 9.93. The molecule has 1 fully saturated rings. The maximum atomic E-state index is 14.9. The lowest BCUT2D eigenvalue weighted by molar-refractivity contribution is 0.000327. The standard InChI is InChI=1S/C18H19F3N4O3S/c1-28-15-3-2-13(19)10-16(15)29(27)18(20,21)12-5-8-25(9-6-12)17(26)24-14-4-7-22-23-11-14/h2-4,7,10-12H,5-6,8-9H2,1H3,(H,22,24,26). The minimum Gasteiger partial charge on any atom is -0.607 e. The van der Waals surface area contributed by atoms with E-state index in [1.165, 1.54) is 30.5 Å². The molecule has 1 N–H and O–H groups in total. The molecule has 1 aliphatic heterocycles. The number of alkyl halides is 2. The fourth-order valence-corrected chi connectivity index (χ4v) is 4.46. The smallest absolute Gasteiger partial charge is 0.414 e. The van der Waals surface area contributed by atoms with Gasteiger partial charge >= 0.3 is 11.3 Å². The van der Waals surface area contributed by atoms with Crippen LogP contribution < -0.4 is 10.1 Å². The van der Waals surface area contributed by atoms with E-state index in [4.69, 9.17) is 4.74 Å². The number of anilines is 1. The van der Waals surface area contributed by atoms with Crippen LogP contribution in [0.5, 0.6) is 5.75 Å². The number of hydrogen-bond donors (Lipinski definition) is 1. The monoisotopic (exact) mass is 428 g/mol. The third-order valence-electron chi connectivity index (χ3n) is 4.67. The topological polar surface area (TPSA) is 90.4 Å². The van der Waals surface area contributed by atoms with Crippen molar-refractivity contribution in [2.45, 2.75) is 23.0 Å². The van der Waals surface area contributed by atoms with E-state index < -0.39 is 34.2 Å². The Bertz CT molecular complexity index is 851. The van der Waals surface area contributed by atoms with Gasteiger partial charge in [0.15, 0.2) is 5.75 Å². The van der Waals surface area contributed by atoms with E-state index in [2.05, 4.69) is 15.5 Å². The molecular formula is C18H19F3N4O3S. The van der Waals surface area contributed by atoms with Gasteiger partial charge in [0, 0.05) is 19.2 Å². The Balaban J connectivity index is 1.65. The van der Waals surface area contributed by atoms with Crippen molar-refractivity contribution in [2.24, 2.45) is 5.92 Å². The molecule has 11 heteroatoms. The SMILES string of the molecule is COc1ccc(F)cc1[S+]([O-])C(F)(F)C1CCN(C(=O)Nc2ccnnc2)CC1. The maximum Gasteiger partial charge on any atom is 0.414 e. The van der Waals surface area contributed by atoms with Crippen LogP contribution in [0.15, 0.2) is 41.6 Å². The number of urea groups is 1. The summed E-state index contributed by atoms with van der Waals surface area (Å²) in [5.74, 6) is -2.06. The molecule has 0 saturated carbocycles. The summed E-state index contributed by atoms with van der Waals surface area (Å²) in [6.07, 6.45) is 2.70. The van der Waals surface area contributed by atoms with Gasteiger partial charge in [-0.2, -0.15) is 19.0 Å². The number of benzene rings is 1. The van der Waals surface area contributed by atoms with Gasteiger partial charge in [-0.05, 0) is 31.0 Å². The minimum absolute atomic E-state index is 0.0433. The number of nitrogens with one attached hydrogen (secondary N) is 1. The molecule has 29 heavy (non-hydrogen) atoms. The van der Waals surface area contributed by atoms with Crippen LogP contribution in [0.3, 0.4) is 0 Å². The van der Waals surface area contributed by atoms with Crippen molar-refractivity contribution in [2.75, 3.05) is 25.5 Å². The van der Waals surface area contributed by atoms with Crippen LogP contribution in [-0.2, 0) is 11.2 Å². The van der Waals surface area contributed by atoms with E-state index in [9.17, 15) is 22.5 Å². The van der Waals surface area contributed by atoms with E-state index in [1.807, 2.05) is 0 Å². The first kappa shape index (κ1) is 21.2. The number of carbonyl (C=O) groups excluding carboxylic acids is 1. The summed E-state index contributed by atoms with van der Waals surface area (Å²) in [7, 11) is 1.24. The predicted molar refractivity (Wildman–Crippen MR) is 99.7 cm³/mol. The van der Waals surface area contributed by atoms with Crippen LogP contribution in [0.4, 0.5) is 23.7 Å². The zero-order chi connectivity index (χ0) is 21.0. The van der Waals surface area contributed by atoms with Crippen molar-refractivity contribution in [1.82, 2.24) is 15.1 Å². The van der Waals surface area contributed by atoms with Crippen LogP contribution in [-0.4, -0.2) is 51.1 Å². The second-order valence-corrected chi connectivity index (χ2v) is 7.97. The summed E-state index contributed by atoms with van der Waals surface area (Å²) in [6.45, 7) is 0.143. The van der Waals surface area contributed by atoms with Gasteiger partial charge in [0.1, 0.15) is 5.82 Å². The van der Waals surface area contributed by atoms with Crippen LogP contribution >= 0.6 is 0 Å². The molecule has 2 amide bonds. The Hall–Kier alpha value is -2.53. The number of hydrogen-bond acceptors (Lipinski definition) is 5. The fraction of sp³-hybridized carbons (Fsp3) is 0.389. The second-order valence-electron chi connectivity index (χ2n) is 6.45. The maximum absolute atomic E-state index is 14.9. The summed E-state index contributed by atoms with van der Waals surface area (Å²) in [6, 6.07) is 4.13. The molecule has 1 aromatic carbocycles. The number of nitrogens with zero attached hydrogens (tertiary/aromatic N) is 3. The zero-order valence-corrected chi connectivity index (χ0v) is 16.3. The summed E-state index contributed by atoms with van der Waals surface area (Å²) in [5, 5.41) is 6.26. The number of aromatic nitrogens is 2. The van der Waals surface area contributed by atoms with Crippen molar-refractivity contribution >= 4 is 22.9 Å². The molecule has 0 aliphatic carbocycles. The number of methoxy groups -OCH3 is 1. The Kier molecular flexibility index (Phi) is 6.48. The third-order valence-corrected chi connectivity index (χ3v) is 6.21. The van der Waals surface area contributed by atoms with E-state index >= 15 is 0 Å². The highest BCUT2D eigenvalue weighted by Gasteiger charge is 2.54. The number of likely N-dealkylation sites (tertiary alicyclic amines) is 1. The Morgan fingerprint density at radius 1 is 1.31 bits per heavy atom. The van der Waals surface area contributed by atoms with Crippen LogP contribution in [0.1, 0.15) is 12.8 Å². The van der Waals surface area contributed by atoms with Crippen LogP contribution in [0.25, 0.3) is 0 Å². The first-order chi connectivity index (χ1) is 13.8. The number of amides is 2. The normalized spacial score (nSPS) is 16.4. The highest BCUT2D eigenvalue weighted by atomic mass is 32.2. The van der Waals surface area contributed by atoms with Gasteiger partial charge in [0.25, 0.3) is 0 Å². The molecule has 3 rings (SSSR count). The van der Waals surface area contributed by atoms with Gasteiger partial charge in [-0.25, -0.2) is 9.18 Å². The lowest BCUT2D eigenvalue weighted by Crippen LogP contribution is -2.47. The third kappa shape index (κ3) is 4.73. The molecule has 156 valence electrons. The van der Waals surface area contributed by atoms with Crippen molar-refractivity contribution in [3.8, 4) is 5.75 Å². The van der Waals surface area contributed by atoms with Gasteiger partial charge < -0.3 is 19.5 Å². The molecule has 1 aromatic heterocycles. The summed E-state index contributed by atoms with van der Waals surface area (Å²) >= 11 is -2.80. The number of ether oxygens (including phenoxy) is 1. The first-order valence-electron chi connectivity index (χ1n) is 8.78. The summed E-state index contributed by atoms with van der Waals surface area (Å²) < 4.78 is 60.8. The molecule has 1 saturated heterocycles. The van der Waals surface area contributed by atoms with Gasteiger partial charge in [-0.1, -0.05) is 0 Å². The molecule has 0 radical (unpaired) electrons. The Morgan fingerprint density at radius 2 is 2.03 bits per heavy atom. The predicted octanol–water partition coefficient (Wildman–Crippen LogP) is 3.27. The molecule has 2 aromatic rings. The van der Waals surface area contributed by atoms with Gasteiger partial charge in [-0.15, -0.1) is 0 Å². The van der Waals surface area contributed by atoms with Crippen molar-refractivity contribution in [1.29, 1.82) is 0 Å². The Labute approximate surface area is 168 Å². The molecule has 2 heterocycles. The van der Waals surface area contributed by atoms with Crippen LogP contribution in [0.2, 0.25) is 0 Å². The van der Waals surface area contributed by atoms with Crippen molar-refractivity contribution < 1.29 is 27.3 Å². The van der Waals surface area contributed by atoms with E-state index in [0.717, 1.165) is 12.1 Å². The molecule has 1 unspecified atom stereocenters. The number of carbonyl (C=O) groups is 1. The van der Waals surface area contributed by atoms with Crippen molar-refractivity contribution in [3.63, 3.8) is 0 Å². The van der Waals surface area contributed by atoms with E-state index in [0.29, 0.717) is 5.69 Å². The summed E-state index contributed by atoms with van der Waals surface area (Å²) in [5.41, 5.74) is 0.441. The van der Waals surface area contributed by atoms with E-state index in [1.54, 1.807) is 6.07 Å². The van der Waals surface area contributed by atoms with Gasteiger partial charge in [0.05, 0.1) is 42.3 Å². The molecular weight excluding hydrogens is 409 g/mol. The molecule has 7 nitrogen and oxygen atoms in total. The zero-order valence-electron chi connectivity index (χ0n) is 15.5. The average Bonchev–Trinajstić information content (AvgIpc) is 2.74. The minimum atomic E-state index is -3.60. The van der Waals surface area contributed by atoms with Crippen molar-refractivity contribution in [3.05, 3.63) is 42.5 Å². The second kappa shape index (κ2) is 8.87. The fourth-order valence-electron chi connectivity index (χ4n) is 3.08. The highest BCUT2D eigenvalue weighted by molar-refractivity contribution is 7.92. The molecule has 1 aliphatic rings. The lowest BCUT2D eigenvalue weighted by atomic mass is 9.97. The average molecular weight is 428 g/mol. The lowest BCUT2D eigenvalue weighted by Gasteiger charge is -2.35. The summed E-state index contributed by atoms with van der Waals surface area (Å²) in [4.78, 5) is 13.3. The van der Waals surface area contributed by atoms with Crippen LogP contribution in [0, 0.1) is 11.7 Å². The Morgan fingerprint density at radius 3 is 2.66 bits per heavy atom. The van der Waals surface area contributed by atoms with Gasteiger partial charge in [-0.3, -0.25) is 0 Å². The quantitative estimate of drug-likeness (QED) is 0.739. The number of halogens is 3. The van der Waals surface area contributed by atoms with E-state index in [-0.39, 0.29) is 36.6 Å². The number of piperidine rings is 1. The van der Waals surface area contributed by atoms with Gasteiger partial charge in [0.2, 0.25) is 4.90 Å². The molecule has 1 atom stereocenters.